The van der Waals surface area contributed by atoms with E-state index in [9.17, 15) is 8.42 Å². The average molecular weight is 377 g/mol. The molecule has 4 rings (SSSR count). The van der Waals surface area contributed by atoms with Crippen molar-refractivity contribution in [3.05, 3.63) is 35.5 Å². The molecule has 1 aliphatic carbocycles. The highest BCUT2D eigenvalue weighted by Gasteiger charge is 2.41. The van der Waals surface area contributed by atoms with Crippen molar-refractivity contribution >= 4 is 20.9 Å². The van der Waals surface area contributed by atoms with Crippen LogP contribution in [0.4, 0.5) is 0 Å². The predicted molar refractivity (Wildman–Crippen MR) is 104 cm³/mol. The van der Waals surface area contributed by atoms with E-state index in [0.717, 1.165) is 30.5 Å². The Bertz CT molecular complexity index is 868. The number of aromatic amines is 1. The molecule has 6 heteroatoms. The van der Waals surface area contributed by atoms with Gasteiger partial charge >= 0.3 is 0 Å². The second-order valence-corrected chi connectivity index (χ2v) is 9.62. The number of aromatic nitrogens is 1. The first-order valence-electron chi connectivity index (χ1n) is 9.70. The van der Waals surface area contributed by atoms with Crippen molar-refractivity contribution in [2.75, 3.05) is 26.0 Å². The molecule has 0 radical (unpaired) electrons. The van der Waals surface area contributed by atoms with Gasteiger partial charge in [-0.1, -0.05) is 37.5 Å². The number of nitrogens with zero attached hydrogens (tertiary/aromatic N) is 1. The summed E-state index contributed by atoms with van der Waals surface area (Å²) >= 11 is 0. The van der Waals surface area contributed by atoms with Crippen molar-refractivity contribution in [3.63, 3.8) is 0 Å². The fourth-order valence-corrected chi connectivity index (χ4v) is 6.39. The number of para-hydroxylation sites is 1. The molecule has 2 aromatic rings. The van der Waals surface area contributed by atoms with E-state index in [-0.39, 0.29) is 18.4 Å². The Hall–Kier alpha value is -1.37. The summed E-state index contributed by atoms with van der Waals surface area (Å²) in [6, 6.07) is 8.28. The molecule has 1 aromatic heterocycles. The fraction of sp³-hybridized carbons (Fsp3) is 0.600. The normalized spacial score (nSPS) is 22.6. The molecule has 2 heterocycles. The monoisotopic (exact) mass is 376 g/mol. The lowest BCUT2D eigenvalue weighted by Crippen LogP contribution is -2.45. The summed E-state index contributed by atoms with van der Waals surface area (Å²) in [4.78, 5) is 3.58. The Labute approximate surface area is 155 Å². The molecule has 5 nitrogen and oxygen atoms in total. The number of nitrogens with one attached hydrogen (secondary N) is 1. The summed E-state index contributed by atoms with van der Waals surface area (Å²) in [5.41, 5.74) is 3.56. The van der Waals surface area contributed by atoms with Gasteiger partial charge in [-0.2, -0.15) is 4.31 Å². The van der Waals surface area contributed by atoms with Crippen molar-refractivity contribution in [1.82, 2.24) is 9.29 Å². The highest BCUT2D eigenvalue weighted by Crippen LogP contribution is 2.44. The predicted octanol–water partition coefficient (Wildman–Crippen LogP) is 3.62. The van der Waals surface area contributed by atoms with Crippen LogP contribution in [0.15, 0.2) is 24.3 Å². The van der Waals surface area contributed by atoms with Gasteiger partial charge in [0.25, 0.3) is 0 Å². The summed E-state index contributed by atoms with van der Waals surface area (Å²) < 4.78 is 32.9. The second-order valence-electron chi connectivity index (χ2n) is 7.58. The quantitative estimate of drug-likeness (QED) is 0.867. The van der Waals surface area contributed by atoms with Gasteiger partial charge in [-0.3, -0.25) is 0 Å². The topological polar surface area (TPSA) is 62.4 Å². The number of hydrogen-bond acceptors (Lipinski definition) is 3. The van der Waals surface area contributed by atoms with E-state index in [4.69, 9.17) is 4.74 Å². The molecule has 1 atom stereocenters. The van der Waals surface area contributed by atoms with Crippen LogP contribution in [0, 0.1) is 5.92 Å². The van der Waals surface area contributed by atoms with Crippen molar-refractivity contribution in [2.45, 2.75) is 44.6 Å². The van der Waals surface area contributed by atoms with E-state index in [1.165, 1.54) is 30.2 Å². The van der Waals surface area contributed by atoms with Crippen molar-refractivity contribution < 1.29 is 13.2 Å². The number of sulfonamides is 1. The highest BCUT2D eigenvalue weighted by molar-refractivity contribution is 7.89. The molecule has 1 aromatic carbocycles. The van der Waals surface area contributed by atoms with Crippen LogP contribution in [0.5, 0.6) is 0 Å². The Balaban J connectivity index is 1.78. The minimum Gasteiger partial charge on any atom is -0.384 e. The van der Waals surface area contributed by atoms with Gasteiger partial charge in [-0.15, -0.1) is 0 Å². The van der Waals surface area contributed by atoms with Crippen molar-refractivity contribution in [2.24, 2.45) is 5.92 Å². The molecule has 0 amide bonds. The third-order valence-corrected chi connectivity index (χ3v) is 7.84. The molecule has 1 fully saturated rings. The lowest BCUT2D eigenvalue weighted by molar-refractivity contribution is 0.176. The van der Waals surface area contributed by atoms with Gasteiger partial charge < -0.3 is 9.72 Å². The van der Waals surface area contributed by atoms with Crippen molar-refractivity contribution in [3.8, 4) is 0 Å². The highest BCUT2D eigenvalue weighted by atomic mass is 32.2. The summed E-state index contributed by atoms with van der Waals surface area (Å²) in [5, 5.41) is 1.25. The maximum Gasteiger partial charge on any atom is 0.217 e. The third kappa shape index (κ3) is 3.19. The zero-order chi connectivity index (χ0) is 18.1. The summed E-state index contributed by atoms with van der Waals surface area (Å²) in [7, 11) is -1.78. The standard InChI is InChI=1S/C20H28N2O3S/c1-25-13-14-26(23,24)22-12-11-17-16-9-5-6-10-18(16)21-19(17)20(22)15-7-3-2-4-8-15/h5-6,9-10,15,20-21H,2-4,7-8,11-14H2,1H3. The lowest BCUT2D eigenvalue weighted by atomic mass is 9.80. The minimum absolute atomic E-state index is 0.0578. The zero-order valence-corrected chi connectivity index (χ0v) is 16.2. The zero-order valence-electron chi connectivity index (χ0n) is 15.4. The summed E-state index contributed by atoms with van der Waals surface area (Å²) in [5.74, 6) is 0.454. The summed E-state index contributed by atoms with van der Waals surface area (Å²) in [6.07, 6.45) is 6.64. The van der Waals surface area contributed by atoms with E-state index in [0.29, 0.717) is 12.5 Å². The van der Waals surface area contributed by atoms with Gasteiger partial charge in [-0.25, -0.2) is 8.42 Å². The van der Waals surface area contributed by atoms with E-state index in [2.05, 4.69) is 23.2 Å². The number of hydrogen-bond donors (Lipinski definition) is 1. The van der Waals surface area contributed by atoms with E-state index in [1.54, 1.807) is 11.4 Å². The van der Waals surface area contributed by atoms with Crippen LogP contribution in [0.2, 0.25) is 0 Å². The molecule has 1 saturated carbocycles. The first-order valence-corrected chi connectivity index (χ1v) is 11.3. The van der Waals surface area contributed by atoms with Gasteiger partial charge in [0.1, 0.15) is 0 Å². The van der Waals surface area contributed by atoms with Gasteiger partial charge in [0.05, 0.1) is 18.4 Å². The molecule has 1 N–H and O–H groups in total. The van der Waals surface area contributed by atoms with Gasteiger partial charge in [0.15, 0.2) is 0 Å². The maximum atomic E-state index is 13.1. The van der Waals surface area contributed by atoms with E-state index < -0.39 is 10.0 Å². The second kappa shape index (κ2) is 7.33. The molecule has 0 spiro atoms. The van der Waals surface area contributed by atoms with Crippen LogP contribution in [-0.2, 0) is 21.2 Å². The largest absolute Gasteiger partial charge is 0.384 e. The number of methoxy groups -OCH3 is 1. The van der Waals surface area contributed by atoms with E-state index >= 15 is 0 Å². The smallest absolute Gasteiger partial charge is 0.217 e. The first-order chi connectivity index (χ1) is 12.6. The van der Waals surface area contributed by atoms with E-state index in [1.807, 2.05) is 6.07 Å². The number of benzene rings is 1. The molecular formula is C20H28N2O3S. The molecule has 26 heavy (non-hydrogen) atoms. The maximum absolute atomic E-state index is 13.1. The fourth-order valence-electron chi connectivity index (χ4n) is 4.79. The Morgan fingerprint density at radius 1 is 1.19 bits per heavy atom. The lowest BCUT2D eigenvalue weighted by Gasteiger charge is -2.40. The summed E-state index contributed by atoms with van der Waals surface area (Å²) in [6.45, 7) is 0.817. The molecule has 1 unspecified atom stereocenters. The average Bonchev–Trinajstić information content (AvgIpc) is 3.05. The first kappa shape index (κ1) is 18.0. The van der Waals surface area contributed by atoms with Crippen molar-refractivity contribution in [1.29, 1.82) is 0 Å². The van der Waals surface area contributed by atoms with Crippen LogP contribution >= 0.6 is 0 Å². The minimum atomic E-state index is -3.34. The van der Waals surface area contributed by atoms with Crippen LogP contribution in [0.25, 0.3) is 10.9 Å². The number of ether oxygens (including phenoxy) is 1. The van der Waals surface area contributed by atoms with Gasteiger partial charge in [0.2, 0.25) is 10.0 Å². The molecule has 0 bridgehead atoms. The van der Waals surface area contributed by atoms with Crippen LogP contribution in [0.1, 0.15) is 49.4 Å². The van der Waals surface area contributed by atoms with Crippen LogP contribution < -0.4 is 0 Å². The van der Waals surface area contributed by atoms with Gasteiger partial charge in [0, 0.05) is 30.3 Å². The number of H-pyrrole nitrogens is 1. The van der Waals surface area contributed by atoms with Crippen LogP contribution in [-0.4, -0.2) is 43.7 Å². The molecule has 1 aliphatic heterocycles. The third-order valence-electron chi connectivity index (χ3n) is 6.03. The number of fused-ring (bicyclic) bond motifs is 3. The Morgan fingerprint density at radius 2 is 1.96 bits per heavy atom. The van der Waals surface area contributed by atoms with Gasteiger partial charge in [-0.05, 0) is 36.8 Å². The number of rotatable bonds is 5. The SMILES string of the molecule is COCCS(=O)(=O)N1CCc2c([nH]c3ccccc23)C1C1CCCCC1. The molecule has 2 aliphatic rings. The Morgan fingerprint density at radius 3 is 2.73 bits per heavy atom. The molecule has 0 saturated heterocycles. The van der Waals surface area contributed by atoms with Crippen LogP contribution in [0.3, 0.4) is 0 Å². The molecule has 142 valence electrons. The Kier molecular flexibility index (Phi) is 5.08. The molecular weight excluding hydrogens is 348 g/mol.